The van der Waals surface area contributed by atoms with Crippen molar-refractivity contribution in [2.24, 2.45) is 0 Å². The van der Waals surface area contributed by atoms with Gasteiger partial charge in [0.05, 0.1) is 6.21 Å². The highest BCUT2D eigenvalue weighted by molar-refractivity contribution is 6.26. The number of carboxylic acid groups (broad SMARTS) is 1. The molecule has 2 aromatic rings. The summed E-state index contributed by atoms with van der Waals surface area (Å²) >= 11 is 0. The van der Waals surface area contributed by atoms with Gasteiger partial charge in [-0.05, 0) is 18.1 Å². The summed E-state index contributed by atoms with van der Waals surface area (Å²) in [6, 6.07) is 4.86. The molecule has 1 aromatic carbocycles. The Balaban J connectivity index is 2.17. The van der Waals surface area contributed by atoms with Crippen molar-refractivity contribution in [1.82, 2.24) is 15.6 Å². The maximum Gasteiger partial charge on any atom is 0.326 e. The topological polar surface area (TPSA) is 172 Å². The number of amides is 2. The zero-order valence-electron chi connectivity index (χ0n) is 15.5. The van der Waals surface area contributed by atoms with E-state index in [0.717, 1.165) is 16.5 Å². The van der Waals surface area contributed by atoms with Crippen LogP contribution >= 0.6 is 0 Å². The number of aromatic nitrogens is 1. The number of benzene rings is 1. The van der Waals surface area contributed by atoms with Gasteiger partial charge in [0.15, 0.2) is 5.78 Å². The summed E-state index contributed by atoms with van der Waals surface area (Å²) in [5, 5.41) is 30.7. The van der Waals surface area contributed by atoms with Crippen molar-refractivity contribution >= 4 is 40.7 Å². The van der Waals surface area contributed by atoms with Crippen LogP contribution in [-0.2, 0) is 25.6 Å². The molecule has 0 unspecified atom stereocenters. The van der Waals surface area contributed by atoms with Crippen LogP contribution in [0.15, 0.2) is 30.5 Å². The number of fused-ring (bicyclic) bond motifs is 1. The lowest BCUT2D eigenvalue weighted by Crippen LogP contribution is -2.53. The summed E-state index contributed by atoms with van der Waals surface area (Å²) in [5.74, 6) is -3.44. The fraction of sp³-hybridized carbons (Fsp3) is 0.316. The molecule has 0 spiro atoms. The summed E-state index contributed by atoms with van der Waals surface area (Å²) in [7, 11) is 0. The number of aliphatic hydroxyl groups excluding tert-OH is 1. The Labute approximate surface area is 165 Å². The second-order valence-electron chi connectivity index (χ2n) is 6.39. The second kappa shape index (κ2) is 10.1. The molecule has 0 aliphatic heterocycles. The molecular formula is C19H22N4O6. The minimum Gasteiger partial charge on any atom is -0.480 e. The van der Waals surface area contributed by atoms with Crippen LogP contribution in [0.3, 0.4) is 0 Å². The predicted octanol–water partition coefficient (Wildman–Crippen LogP) is -0.244. The van der Waals surface area contributed by atoms with E-state index in [1.54, 1.807) is 6.20 Å². The molecule has 2 rings (SSSR count). The number of hydrogen-bond acceptors (Lipinski definition) is 6. The van der Waals surface area contributed by atoms with Crippen LogP contribution in [0.5, 0.6) is 0 Å². The molecule has 1 heterocycles. The summed E-state index contributed by atoms with van der Waals surface area (Å²) in [4.78, 5) is 50.0. The van der Waals surface area contributed by atoms with Crippen LogP contribution in [0.4, 0.5) is 0 Å². The molecule has 154 valence electrons. The van der Waals surface area contributed by atoms with E-state index in [4.69, 9.17) is 10.5 Å². The van der Waals surface area contributed by atoms with Gasteiger partial charge < -0.3 is 31.2 Å². The molecule has 2 atom stereocenters. The van der Waals surface area contributed by atoms with Crippen molar-refractivity contribution in [3.05, 3.63) is 36.0 Å². The predicted molar refractivity (Wildman–Crippen MR) is 104 cm³/mol. The number of H-pyrrole nitrogens is 1. The number of Topliss-reactive ketones (excluding diaryl/α,β-unsaturated/α-hetero) is 1. The lowest BCUT2D eigenvalue weighted by molar-refractivity contribution is -0.142. The van der Waals surface area contributed by atoms with Crippen LogP contribution in [0.25, 0.3) is 10.9 Å². The number of carbonyl (C=O) groups excluding carboxylic acids is 3. The first kappa shape index (κ1) is 21.8. The van der Waals surface area contributed by atoms with Gasteiger partial charge in [-0.25, -0.2) is 4.79 Å². The van der Waals surface area contributed by atoms with Crippen molar-refractivity contribution in [1.29, 1.82) is 5.41 Å². The number of para-hydroxylation sites is 1. The molecule has 0 radical (unpaired) electrons. The number of rotatable bonds is 11. The highest BCUT2D eigenvalue weighted by Crippen LogP contribution is 2.19. The summed E-state index contributed by atoms with van der Waals surface area (Å²) in [6.07, 6.45) is 1.93. The van der Waals surface area contributed by atoms with Gasteiger partial charge in [0.2, 0.25) is 11.8 Å². The van der Waals surface area contributed by atoms with Gasteiger partial charge in [-0.1, -0.05) is 18.2 Å². The molecule has 0 saturated heterocycles. The number of hydrogen-bond donors (Lipinski definition) is 6. The van der Waals surface area contributed by atoms with Crippen LogP contribution in [-0.4, -0.2) is 63.7 Å². The Morgan fingerprint density at radius 2 is 1.86 bits per heavy atom. The molecule has 6 N–H and O–H groups in total. The van der Waals surface area contributed by atoms with Gasteiger partial charge >= 0.3 is 5.97 Å². The highest BCUT2D eigenvalue weighted by atomic mass is 16.4. The van der Waals surface area contributed by atoms with Crippen LogP contribution in [0.1, 0.15) is 18.4 Å². The first-order chi connectivity index (χ1) is 13.8. The molecular weight excluding hydrogens is 380 g/mol. The quantitative estimate of drug-likeness (QED) is 0.283. The van der Waals surface area contributed by atoms with Gasteiger partial charge in [-0.15, -0.1) is 0 Å². The number of ketones is 1. The van der Waals surface area contributed by atoms with E-state index in [0.29, 0.717) is 6.21 Å². The number of nitrogens with one attached hydrogen (secondary N) is 4. The van der Waals surface area contributed by atoms with Gasteiger partial charge in [0.1, 0.15) is 18.7 Å². The SMILES string of the molecule is N=CC(=O)CC[C@H](NC(=O)[C@H](Cc1c[nH]c2ccccc12)NC(=O)CO)C(=O)O. The van der Waals surface area contributed by atoms with E-state index < -0.39 is 42.3 Å². The lowest BCUT2D eigenvalue weighted by Gasteiger charge is -2.21. The highest BCUT2D eigenvalue weighted by Gasteiger charge is 2.27. The molecule has 10 heteroatoms. The Bertz CT molecular complexity index is 922. The van der Waals surface area contributed by atoms with Crippen LogP contribution in [0, 0.1) is 5.41 Å². The van der Waals surface area contributed by atoms with Crippen molar-refractivity contribution in [3.63, 3.8) is 0 Å². The normalized spacial score (nSPS) is 12.7. The van der Waals surface area contributed by atoms with Gasteiger partial charge in [0, 0.05) is 29.9 Å². The van der Waals surface area contributed by atoms with E-state index in [9.17, 15) is 24.3 Å². The molecule has 10 nitrogen and oxygen atoms in total. The smallest absolute Gasteiger partial charge is 0.326 e. The van der Waals surface area contributed by atoms with Crippen molar-refractivity contribution in [3.8, 4) is 0 Å². The number of aliphatic hydroxyl groups is 1. The van der Waals surface area contributed by atoms with E-state index in [2.05, 4.69) is 15.6 Å². The van der Waals surface area contributed by atoms with Gasteiger partial charge in [-0.2, -0.15) is 0 Å². The van der Waals surface area contributed by atoms with Gasteiger partial charge in [-0.3, -0.25) is 14.4 Å². The average Bonchev–Trinajstić information content (AvgIpc) is 3.12. The van der Waals surface area contributed by atoms with Crippen LogP contribution in [0.2, 0.25) is 0 Å². The molecule has 29 heavy (non-hydrogen) atoms. The molecule has 0 aliphatic carbocycles. The fourth-order valence-corrected chi connectivity index (χ4v) is 2.86. The third kappa shape index (κ3) is 5.98. The molecule has 0 saturated carbocycles. The summed E-state index contributed by atoms with van der Waals surface area (Å²) in [6.45, 7) is -0.826. The van der Waals surface area contributed by atoms with E-state index in [1.165, 1.54) is 0 Å². The summed E-state index contributed by atoms with van der Waals surface area (Å²) < 4.78 is 0. The molecule has 0 fully saturated rings. The largest absolute Gasteiger partial charge is 0.480 e. The van der Waals surface area contributed by atoms with Crippen molar-refractivity contribution in [2.75, 3.05) is 6.61 Å². The van der Waals surface area contributed by atoms with Crippen molar-refractivity contribution < 1.29 is 29.4 Å². The fourth-order valence-electron chi connectivity index (χ4n) is 2.86. The third-order valence-electron chi connectivity index (χ3n) is 4.35. The number of carboxylic acids is 1. The molecule has 0 aliphatic rings. The van der Waals surface area contributed by atoms with Gasteiger partial charge in [0.25, 0.3) is 0 Å². The van der Waals surface area contributed by atoms with E-state index in [1.807, 2.05) is 24.3 Å². The average molecular weight is 402 g/mol. The maximum absolute atomic E-state index is 12.7. The lowest BCUT2D eigenvalue weighted by atomic mass is 10.0. The van der Waals surface area contributed by atoms with E-state index >= 15 is 0 Å². The number of aliphatic carboxylic acids is 1. The minimum atomic E-state index is -1.36. The third-order valence-corrected chi connectivity index (χ3v) is 4.35. The zero-order valence-corrected chi connectivity index (χ0v) is 15.5. The molecule has 2 amide bonds. The Morgan fingerprint density at radius 1 is 1.14 bits per heavy atom. The standard InChI is InChI=1S/C19H22N4O6/c20-8-12(25)5-6-15(19(28)29)23-18(27)16(22-17(26)10-24)7-11-9-21-14-4-2-1-3-13(11)14/h1-4,8-9,15-16,20-21,24H,5-7,10H2,(H,22,26)(H,23,27)(H,28,29)/t15-,16-/m0/s1. The maximum atomic E-state index is 12.7. The van der Waals surface area contributed by atoms with Crippen LogP contribution < -0.4 is 10.6 Å². The van der Waals surface area contributed by atoms with E-state index in [-0.39, 0.29) is 19.3 Å². The Morgan fingerprint density at radius 3 is 2.52 bits per heavy atom. The zero-order chi connectivity index (χ0) is 21.4. The Hall–Kier alpha value is -3.53. The first-order valence-corrected chi connectivity index (χ1v) is 8.87. The van der Waals surface area contributed by atoms with Crippen molar-refractivity contribution in [2.45, 2.75) is 31.3 Å². The first-order valence-electron chi connectivity index (χ1n) is 8.87. The monoisotopic (exact) mass is 402 g/mol. The molecule has 0 bridgehead atoms. The molecule has 1 aromatic heterocycles. The number of carbonyl (C=O) groups is 4. The minimum absolute atomic E-state index is 0.0629. The Kier molecular flexibility index (Phi) is 7.61. The summed E-state index contributed by atoms with van der Waals surface area (Å²) in [5.41, 5.74) is 1.56. The second-order valence-corrected chi connectivity index (χ2v) is 6.39. The number of aromatic amines is 1.